The molecule has 0 unspecified atom stereocenters. The highest BCUT2D eigenvalue weighted by molar-refractivity contribution is 6.10. The number of aromatic hydroxyl groups is 1. The Bertz CT molecular complexity index is 734. The summed E-state index contributed by atoms with van der Waals surface area (Å²) in [4.78, 5) is 12.3. The van der Waals surface area contributed by atoms with E-state index in [4.69, 9.17) is 0 Å². The van der Waals surface area contributed by atoms with Gasteiger partial charge in [0.05, 0.1) is 0 Å². The lowest BCUT2D eigenvalue weighted by molar-refractivity contribution is 0.103. The Morgan fingerprint density at radius 3 is 2.20 bits per heavy atom. The third-order valence-corrected chi connectivity index (χ3v) is 3.05. The van der Waals surface area contributed by atoms with E-state index in [1.807, 2.05) is 36.4 Å². The van der Waals surface area contributed by atoms with Gasteiger partial charge in [-0.1, -0.05) is 60.7 Å². The van der Waals surface area contributed by atoms with Gasteiger partial charge in [0.15, 0.2) is 5.75 Å². The molecule has 4 heteroatoms. The molecule has 0 saturated heterocycles. The van der Waals surface area contributed by atoms with Gasteiger partial charge in [0.1, 0.15) is 11.4 Å². The second-order valence-electron chi connectivity index (χ2n) is 4.36. The van der Waals surface area contributed by atoms with E-state index in [0.29, 0.717) is 11.3 Å². The van der Waals surface area contributed by atoms with Gasteiger partial charge in [-0.15, -0.1) is 0 Å². The largest absolute Gasteiger partial charge is 0.504 e. The third-order valence-electron chi connectivity index (χ3n) is 3.05. The minimum atomic E-state index is -0.280. The predicted octanol–water partition coefficient (Wildman–Crippen LogP) is 3.01. The molecule has 0 radical (unpaired) electrons. The molecule has 0 bridgehead atoms. The SMILES string of the molecule is O=C(c1ccccc1)c1[nH]nc(-c2ccccc2)c1O. The van der Waals surface area contributed by atoms with Crippen LogP contribution in [-0.2, 0) is 0 Å². The second kappa shape index (κ2) is 5.01. The molecule has 0 saturated carbocycles. The summed E-state index contributed by atoms with van der Waals surface area (Å²) in [7, 11) is 0. The van der Waals surface area contributed by atoms with Crippen LogP contribution in [0.4, 0.5) is 0 Å². The highest BCUT2D eigenvalue weighted by Gasteiger charge is 2.20. The molecule has 0 atom stereocenters. The number of nitrogens with zero attached hydrogens (tertiary/aromatic N) is 1. The highest BCUT2D eigenvalue weighted by atomic mass is 16.3. The van der Waals surface area contributed by atoms with E-state index in [9.17, 15) is 9.90 Å². The molecule has 0 amide bonds. The zero-order chi connectivity index (χ0) is 13.9. The van der Waals surface area contributed by atoms with Crippen molar-refractivity contribution in [2.45, 2.75) is 0 Å². The lowest BCUT2D eigenvalue weighted by Crippen LogP contribution is -2.01. The Labute approximate surface area is 115 Å². The van der Waals surface area contributed by atoms with Crippen LogP contribution < -0.4 is 0 Å². The standard InChI is InChI=1S/C16H12N2O2/c19-15(12-9-5-2-6-10-12)14-16(20)13(17-18-14)11-7-3-1-4-8-11/h1-10,20H,(H,17,18). The van der Waals surface area contributed by atoms with Crippen molar-refractivity contribution < 1.29 is 9.90 Å². The number of hydrogen-bond acceptors (Lipinski definition) is 3. The first-order chi connectivity index (χ1) is 9.77. The van der Waals surface area contributed by atoms with Gasteiger partial charge in [-0.05, 0) is 0 Å². The van der Waals surface area contributed by atoms with Crippen molar-refractivity contribution in [3.63, 3.8) is 0 Å². The van der Waals surface area contributed by atoms with Crippen molar-refractivity contribution in [3.05, 3.63) is 71.9 Å². The van der Waals surface area contributed by atoms with Crippen LogP contribution in [-0.4, -0.2) is 21.1 Å². The number of aromatic nitrogens is 2. The Hall–Kier alpha value is -2.88. The number of aromatic amines is 1. The smallest absolute Gasteiger partial charge is 0.214 e. The summed E-state index contributed by atoms with van der Waals surface area (Å²) >= 11 is 0. The van der Waals surface area contributed by atoms with Gasteiger partial charge < -0.3 is 5.11 Å². The number of hydrogen-bond donors (Lipinski definition) is 2. The number of ketones is 1. The maximum atomic E-state index is 12.3. The fourth-order valence-electron chi connectivity index (χ4n) is 2.03. The van der Waals surface area contributed by atoms with Crippen LogP contribution >= 0.6 is 0 Å². The lowest BCUT2D eigenvalue weighted by Gasteiger charge is -1.99. The first-order valence-electron chi connectivity index (χ1n) is 6.20. The number of carbonyl (C=O) groups excluding carboxylic acids is 1. The van der Waals surface area contributed by atoms with E-state index in [1.54, 1.807) is 24.3 Å². The summed E-state index contributed by atoms with van der Waals surface area (Å²) in [6.07, 6.45) is 0. The number of carbonyl (C=O) groups is 1. The molecule has 20 heavy (non-hydrogen) atoms. The van der Waals surface area contributed by atoms with E-state index in [0.717, 1.165) is 5.56 Å². The van der Waals surface area contributed by atoms with E-state index in [1.165, 1.54) is 0 Å². The van der Waals surface area contributed by atoms with Gasteiger partial charge >= 0.3 is 0 Å². The predicted molar refractivity (Wildman–Crippen MR) is 75.6 cm³/mol. The molecule has 1 aromatic heterocycles. The summed E-state index contributed by atoms with van der Waals surface area (Å²) in [5.41, 5.74) is 1.75. The molecule has 3 rings (SSSR count). The second-order valence-corrected chi connectivity index (χ2v) is 4.36. The number of benzene rings is 2. The molecule has 0 aliphatic rings. The number of rotatable bonds is 3. The maximum absolute atomic E-state index is 12.3. The molecule has 0 fully saturated rings. The highest BCUT2D eigenvalue weighted by Crippen LogP contribution is 2.30. The summed E-state index contributed by atoms with van der Waals surface area (Å²) in [6.45, 7) is 0. The Morgan fingerprint density at radius 2 is 1.55 bits per heavy atom. The van der Waals surface area contributed by atoms with Crippen molar-refractivity contribution in [1.29, 1.82) is 0 Å². The normalized spacial score (nSPS) is 10.4. The Kier molecular flexibility index (Phi) is 3.05. The first-order valence-corrected chi connectivity index (χ1v) is 6.20. The van der Waals surface area contributed by atoms with Crippen LogP contribution in [0.2, 0.25) is 0 Å². The van der Waals surface area contributed by atoms with Crippen LogP contribution in [0, 0.1) is 0 Å². The van der Waals surface area contributed by atoms with Gasteiger partial charge in [0.25, 0.3) is 0 Å². The summed E-state index contributed by atoms with van der Waals surface area (Å²) in [5.74, 6) is -0.400. The van der Waals surface area contributed by atoms with Crippen molar-refractivity contribution >= 4 is 5.78 Å². The molecule has 0 spiro atoms. The molecule has 2 N–H and O–H groups in total. The molecule has 2 aromatic carbocycles. The Morgan fingerprint density at radius 1 is 0.950 bits per heavy atom. The zero-order valence-corrected chi connectivity index (χ0v) is 10.6. The van der Waals surface area contributed by atoms with Crippen LogP contribution in [0.25, 0.3) is 11.3 Å². The number of H-pyrrole nitrogens is 1. The van der Waals surface area contributed by atoms with Gasteiger partial charge in [-0.2, -0.15) is 5.10 Å². The first kappa shape index (κ1) is 12.2. The molecule has 0 aliphatic heterocycles. The quantitative estimate of drug-likeness (QED) is 0.715. The van der Waals surface area contributed by atoms with E-state index in [2.05, 4.69) is 10.2 Å². The molecule has 4 nitrogen and oxygen atoms in total. The monoisotopic (exact) mass is 264 g/mol. The van der Waals surface area contributed by atoms with Crippen LogP contribution in [0.5, 0.6) is 5.75 Å². The summed E-state index contributed by atoms with van der Waals surface area (Å²) < 4.78 is 0. The summed E-state index contributed by atoms with van der Waals surface area (Å²) in [5, 5.41) is 16.9. The van der Waals surface area contributed by atoms with E-state index >= 15 is 0 Å². The van der Waals surface area contributed by atoms with Gasteiger partial charge in [-0.3, -0.25) is 9.89 Å². The minimum Gasteiger partial charge on any atom is -0.504 e. The average Bonchev–Trinajstić information content (AvgIpc) is 2.90. The van der Waals surface area contributed by atoms with Crippen molar-refractivity contribution in [2.75, 3.05) is 0 Å². The average molecular weight is 264 g/mol. The summed E-state index contributed by atoms with van der Waals surface area (Å²) in [6, 6.07) is 18.0. The van der Waals surface area contributed by atoms with E-state index in [-0.39, 0.29) is 17.2 Å². The molecule has 1 heterocycles. The van der Waals surface area contributed by atoms with Gasteiger partial charge in [0, 0.05) is 11.1 Å². The van der Waals surface area contributed by atoms with Gasteiger partial charge in [-0.25, -0.2) is 0 Å². The fraction of sp³-hybridized carbons (Fsp3) is 0. The van der Waals surface area contributed by atoms with Crippen molar-refractivity contribution in [1.82, 2.24) is 10.2 Å². The van der Waals surface area contributed by atoms with Crippen LogP contribution in [0.15, 0.2) is 60.7 Å². The minimum absolute atomic E-state index is 0.107. The molecular formula is C16H12N2O2. The molecular weight excluding hydrogens is 252 g/mol. The Balaban J connectivity index is 2.01. The van der Waals surface area contributed by atoms with E-state index < -0.39 is 0 Å². The maximum Gasteiger partial charge on any atom is 0.214 e. The van der Waals surface area contributed by atoms with Gasteiger partial charge in [0.2, 0.25) is 5.78 Å². The number of nitrogens with one attached hydrogen (secondary N) is 1. The molecule has 98 valence electrons. The third kappa shape index (κ3) is 2.07. The topological polar surface area (TPSA) is 66.0 Å². The van der Waals surface area contributed by atoms with Crippen LogP contribution in [0.3, 0.4) is 0 Å². The molecule has 3 aromatic rings. The van der Waals surface area contributed by atoms with Crippen LogP contribution in [0.1, 0.15) is 16.1 Å². The van der Waals surface area contributed by atoms with Crippen molar-refractivity contribution in [3.8, 4) is 17.0 Å². The molecule has 0 aliphatic carbocycles. The van der Waals surface area contributed by atoms with Crippen molar-refractivity contribution in [2.24, 2.45) is 0 Å². The lowest BCUT2D eigenvalue weighted by atomic mass is 10.1. The fourth-order valence-corrected chi connectivity index (χ4v) is 2.03. The zero-order valence-electron chi connectivity index (χ0n) is 10.6.